The zero-order valence-corrected chi connectivity index (χ0v) is 18.6. The highest BCUT2D eigenvalue weighted by molar-refractivity contribution is 8.13. The quantitative estimate of drug-likeness (QED) is 0.634. The number of ether oxygens (including phenoxy) is 2. The number of halogens is 4. The fourth-order valence-electron chi connectivity index (χ4n) is 4.62. The molecule has 1 fully saturated rings. The van der Waals surface area contributed by atoms with Crippen molar-refractivity contribution in [2.75, 3.05) is 19.5 Å². The van der Waals surface area contributed by atoms with E-state index in [2.05, 4.69) is 15.3 Å². The summed E-state index contributed by atoms with van der Waals surface area (Å²) in [7, 11) is 1.47. The van der Waals surface area contributed by atoms with Crippen molar-refractivity contribution >= 4 is 22.8 Å². The Morgan fingerprint density at radius 1 is 1.36 bits per heavy atom. The van der Waals surface area contributed by atoms with Gasteiger partial charge in [-0.3, -0.25) is 9.79 Å². The summed E-state index contributed by atoms with van der Waals surface area (Å²) >= 11 is 0.992. The van der Waals surface area contributed by atoms with E-state index in [0.717, 1.165) is 17.8 Å². The molecule has 1 aliphatic carbocycles. The van der Waals surface area contributed by atoms with Crippen LogP contribution in [0.3, 0.4) is 0 Å². The van der Waals surface area contributed by atoms with E-state index in [1.807, 2.05) is 0 Å². The van der Waals surface area contributed by atoms with Gasteiger partial charge in [0, 0.05) is 23.8 Å². The third kappa shape index (κ3) is 3.99. The number of nitrogens with zero attached hydrogens (tertiary/aromatic N) is 2. The highest BCUT2D eigenvalue weighted by atomic mass is 32.2. The SMILES string of the molecule is COc1ccc(C(=O)NC2=CC=C(F)C(C)([C@]34CO[C@H](C(F)(F)F)[C@H]3CSC(N)=N4)C2)nc1. The molecule has 3 heterocycles. The molecule has 1 unspecified atom stereocenters. The van der Waals surface area contributed by atoms with Crippen molar-refractivity contribution in [1.29, 1.82) is 0 Å². The van der Waals surface area contributed by atoms with Gasteiger partial charge in [0.1, 0.15) is 22.8 Å². The molecule has 1 saturated heterocycles. The molecule has 0 saturated carbocycles. The van der Waals surface area contributed by atoms with E-state index in [0.29, 0.717) is 11.4 Å². The Labute approximate surface area is 191 Å². The lowest BCUT2D eigenvalue weighted by atomic mass is 9.61. The van der Waals surface area contributed by atoms with E-state index in [9.17, 15) is 18.0 Å². The number of hydrogen-bond donors (Lipinski definition) is 2. The number of hydrogen-bond acceptors (Lipinski definition) is 7. The number of carbonyl (C=O) groups is 1. The minimum absolute atomic E-state index is 0.0104. The van der Waals surface area contributed by atoms with Gasteiger partial charge in [0.05, 0.1) is 25.3 Å². The number of rotatable bonds is 4. The van der Waals surface area contributed by atoms with Crippen LogP contribution in [-0.2, 0) is 4.74 Å². The standard InChI is InChI=1S/C21H22F4N4O3S/c1-19(20-10-32-16(21(23,24)25)13(20)9-33-18(26)29-20)7-11(3-6-15(19)22)28-17(30)14-5-4-12(31-2)8-27-14/h3-6,8,13,16H,7,9-10H2,1-2H3,(H2,26,29)(H,28,30)/t13-,16+,19?,20+/m1/s1. The van der Waals surface area contributed by atoms with E-state index in [1.165, 1.54) is 32.4 Å². The van der Waals surface area contributed by atoms with Gasteiger partial charge < -0.3 is 20.5 Å². The molecule has 4 atom stereocenters. The Kier molecular flexibility index (Phi) is 5.94. The Balaban J connectivity index is 1.63. The Morgan fingerprint density at radius 3 is 2.76 bits per heavy atom. The predicted octanol–water partition coefficient (Wildman–Crippen LogP) is 3.34. The minimum atomic E-state index is -4.63. The van der Waals surface area contributed by atoms with Crippen molar-refractivity contribution in [3.63, 3.8) is 0 Å². The Morgan fingerprint density at radius 2 is 2.12 bits per heavy atom. The molecule has 7 nitrogen and oxygen atoms in total. The third-order valence-corrected chi connectivity index (χ3v) is 7.35. The number of fused-ring (bicyclic) bond motifs is 1. The van der Waals surface area contributed by atoms with Gasteiger partial charge in [-0.1, -0.05) is 18.7 Å². The van der Waals surface area contributed by atoms with Gasteiger partial charge in [-0.2, -0.15) is 13.2 Å². The zero-order valence-electron chi connectivity index (χ0n) is 17.8. The number of amidine groups is 1. The van der Waals surface area contributed by atoms with Crippen LogP contribution >= 0.6 is 11.8 Å². The molecule has 4 rings (SSSR count). The highest BCUT2D eigenvalue weighted by Gasteiger charge is 2.68. The lowest BCUT2D eigenvalue weighted by Crippen LogP contribution is -2.57. The molecule has 12 heteroatoms. The number of carbonyl (C=O) groups excluding carboxylic acids is 1. The van der Waals surface area contributed by atoms with Gasteiger partial charge >= 0.3 is 6.18 Å². The largest absolute Gasteiger partial charge is 0.495 e. The first kappa shape index (κ1) is 23.6. The van der Waals surface area contributed by atoms with E-state index >= 15 is 4.39 Å². The third-order valence-electron chi connectivity index (χ3n) is 6.44. The number of thioether (sulfide) groups is 1. The van der Waals surface area contributed by atoms with Crippen molar-refractivity contribution in [3.05, 3.63) is 47.7 Å². The Bertz CT molecular complexity index is 1040. The fraction of sp³-hybridized carbons (Fsp3) is 0.476. The van der Waals surface area contributed by atoms with Gasteiger partial charge in [0.2, 0.25) is 0 Å². The molecule has 3 aliphatic rings. The summed E-state index contributed by atoms with van der Waals surface area (Å²) < 4.78 is 66.5. The molecule has 1 aromatic rings. The number of aromatic nitrogens is 1. The molecule has 0 bridgehead atoms. The zero-order chi connectivity index (χ0) is 24.0. The molecule has 0 radical (unpaired) electrons. The average Bonchev–Trinajstić information content (AvgIpc) is 3.17. The second-order valence-electron chi connectivity index (χ2n) is 8.32. The molecule has 0 aromatic carbocycles. The maximum atomic E-state index is 15.3. The molecule has 33 heavy (non-hydrogen) atoms. The summed E-state index contributed by atoms with van der Waals surface area (Å²) in [6.45, 7) is 1.05. The first-order chi connectivity index (χ1) is 15.5. The first-order valence-electron chi connectivity index (χ1n) is 10.0. The van der Waals surface area contributed by atoms with Gasteiger partial charge in [-0.25, -0.2) is 9.37 Å². The summed E-state index contributed by atoms with van der Waals surface area (Å²) in [6.07, 6.45) is -2.93. The smallest absolute Gasteiger partial charge is 0.415 e. The first-order valence-corrected chi connectivity index (χ1v) is 11.0. The molecule has 1 amide bonds. The maximum Gasteiger partial charge on any atom is 0.415 e. The summed E-state index contributed by atoms with van der Waals surface area (Å²) in [5.41, 5.74) is 3.21. The summed E-state index contributed by atoms with van der Waals surface area (Å²) in [5.74, 6) is -1.88. The molecule has 1 aromatic heterocycles. The van der Waals surface area contributed by atoms with Crippen LogP contribution in [0.4, 0.5) is 17.6 Å². The van der Waals surface area contributed by atoms with Crippen molar-refractivity contribution < 1.29 is 31.8 Å². The number of nitrogens with two attached hydrogens (primary N) is 1. The lowest BCUT2D eigenvalue weighted by molar-refractivity contribution is -0.215. The van der Waals surface area contributed by atoms with Crippen LogP contribution in [0, 0.1) is 11.3 Å². The van der Waals surface area contributed by atoms with Crippen LogP contribution in [0.25, 0.3) is 0 Å². The summed E-state index contributed by atoms with van der Waals surface area (Å²) in [4.78, 5) is 21.0. The van der Waals surface area contributed by atoms with Gasteiger partial charge in [-0.15, -0.1) is 0 Å². The number of alkyl halides is 3. The van der Waals surface area contributed by atoms with Gasteiger partial charge in [0.25, 0.3) is 5.91 Å². The summed E-state index contributed by atoms with van der Waals surface area (Å²) in [5, 5.41) is 2.75. The van der Waals surface area contributed by atoms with Crippen LogP contribution in [0.15, 0.2) is 47.0 Å². The highest BCUT2D eigenvalue weighted by Crippen LogP contribution is 2.59. The second kappa shape index (κ2) is 8.32. The van der Waals surface area contributed by atoms with Gasteiger partial charge in [-0.05, 0) is 24.3 Å². The van der Waals surface area contributed by atoms with E-state index < -0.39 is 47.5 Å². The van der Waals surface area contributed by atoms with Crippen LogP contribution < -0.4 is 15.8 Å². The minimum Gasteiger partial charge on any atom is -0.495 e. The number of methoxy groups -OCH3 is 1. The van der Waals surface area contributed by atoms with Crippen molar-refractivity contribution in [2.24, 2.45) is 22.1 Å². The normalized spacial score (nSPS) is 31.8. The molecular formula is C21H22F4N4O3S. The number of aliphatic imine (C=N–C) groups is 1. The molecule has 0 spiro atoms. The Hall–Kier alpha value is -2.60. The van der Waals surface area contributed by atoms with Crippen molar-refractivity contribution in [2.45, 2.75) is 31.2 Å². The van der Waals surface area contributed by atoms with E-state index in [1.54, 1.807) is 6.07 Å². The van der Waals surface area contributed by atoms with Crippen LogP contribution in [0.1, 0.15) is 23.8 Å². The van der Waals surface area contributed by atoms with E-state index in [4.69, 9.17) is 15.2 Å². The monoisotopic (exact) mass is 486 g/mol. The van der Waals surface area contributed by atoms with E-state index in [-0.39, 0.29) is 23.0 Å². The molecule has 3 N–H and O–H groups in total. The number of pyridine rings is 1. The summed E-state index contributed by atoms with van der Waals surface area (Å²) in [6, 6.07) is 3.03. The van der Waals surface area contributed by atoms with Crippen molar-refractivity contribution in [3.8, 4) is 5.75 Å². The molecule has 178 valence electrons. The van der Waals surface area contributed by atoms with Gasteiger partial charge in [0.15, 0.2) is 11.3 Å². The van der Waals surface area contributed by atoms with Crippen molar-refractivity contribution in [1.82, 2.24) is 10.3 Å². The number of allylic oxidation sites excluding steroid dienone is 3. The lowest BCUT2D eigenvalue weighted by Gasteiger charge is -2.48. The fourth-order valence-corrected chi connectivity index (χ4v) is 5.65. The van der Waals surface area contributed by atoms with Crippen LogP contribution in [0.5, 0.6) is 5.75 Å². The molecule has 2 aliphatic heterocycles. The second-order valence-corrected chi connectivity index (χ2v) is 9.36. The average molecular weight is 486 g/mol. The van der Waals surface area contributed by atoms with Crippen LogP contribution in [0.2, 0.25) is 0 Å². The predicted molar refractivity (Wildman–Crippen MR) is 114 cm³/mol. The molecular weight excluding hydrogens is 464 g/mol. The number of amides is 1. The maximum absolute atomic E-state index is 15.3. The number of nitrogens with one attached hydrogen (secondary N) is 1. The topological polar surface area (TPSA) is 98.8 Å². The van der Waals surface area contributed by atoms with Crippen LogP contribution in [-0.4, -0.2) is 53.3 Å².